The van der Waals surface area contributed by atoms with Gasteiger partial charge < -0.3 is 9.47 Å². The molecule has 0 unspecified atom stereocenters. The van der Waals surface area contributed by atoms with Gasteiger partial charge >= 0.3 is 0 Å². The second-order valence-corrected chi connectivity index (χ2v) is 4.46. The van der Waals surface area contributed by atoms with E-state index in [1.165, 1.54) is 18.6 Å². The van der Waals surface area contributed by atoms with E-state index < -0.39 is 0 Å². The molecule has 2 fully saturated rings. The third-order valence-corrected chi connectivity index (χ3v) is 3.32. The molecule has 2 heterocycles. The highest BCUT2D eigenvalue weighted by molar-refractivity contribution is 7.99. The normalized spacial score (nSPS) is 30.5. The van der Waals surface area contributed by atoms with E-state index in [4.69, 9.17) is 9.47 Å². The molecule has 0 amide bonds. The summed E-state index contributed by atoms with van der Waals surface area (Å²) in [7, 11) is 0. The van der Waals surface area contributed by atoms with Crippen molar-refractivity contribution in [3.63, 3.8) is 0 Å². The van der Waals surface area contributed by atoms with Crippen molar-refractivity contribution in [2.45, 2.75) is 18.4 Å². The molecule has 0 radical (unpaired) electrons. The second kappa shape index (κ2) is 3.33. The minimum absolute atomic E-state index is 0.140. The lowest BCUT2D eigenvalue weighted by Crippen LogP contribution is -2.52. The molecule has 2 aliphatic heterocycles. The van der Waals surface area contributed by atoms with Crippen molar-refractivity contribution in [2.24, 2.45) is 0 Å². The van der Waals surface area contributed by atoms with Crippen LogP contribution in [-0.2, 0) is 9.47 Å². The number of rotatable bonds is 0. The van der Waals surface area contributed by atoms with E-state index in [9.17, 15) is 0 Å². The van der Waals surface area contributed by atoms with Gasteiger partial charge in [0.25, 0.3) is 0 Å². The van der Waals surface area contributed by atoms with Crippen molar-refractivity contribution in [3.8, 4) is 0 Å². The third-order valence-electron chi connectivity index (χ3n) is 2.29. The van der Waals surface area contributed by atoms with E-state index >= 15 is 0 Å². The highest BCUT2D eigenvalue weighted by Crippen LogP contribution is 2.29. The maximum atomic E-state index is 5.76. The largest absolute Gasteiger partial charge is 0.375 e. The van der Waals surface area contributed by atoms with Crippen LogP contribution in [-0.4, -0.2) is 36.9 Å². The first-order valence-corrected chi connectivity index (χ1v) is 5.36. The highest BCUT2D eigenvalue weighted by atomic mass is 32.2. The molecule has 2 aliphatic rings. The Bertz CT molecular complexity index is 124. The van der Waals surface area contributed by atoms with Gasteiger partial charge in [-0.25, -0.2) is 0 Å². The Morgan fingerprint density at radius 2 is 2.09 bits per heavy atom. The maximum Gasteiger partial charge on any atom is 0.115 e. The Balaban J connectivity index is 1.86. The van der Waals surface area contributed by atoms with Gasteiger partial charge in [0.05, 0.1) is 19.8 Å². The van der Waals surface area contributed by atoms with Gasteiger partial charge in [-0.05, 0) is 18.6 Å². The lowest BCUT2D eigenvalue weighted by Gasteiger charge is -2.42. The molecule has 3 heteroatoms. The number of hydrogen-bond acceptors (Lipinski definition) is 3. The fourth-order valence-corrected chi connectivity index (χ4v) is 2.30. The van der Waals surface area contributed by atoms with Crippen LogP contribution in [0.25, 0.3) is 0 Å². The minimum Gasteiger partial charge on any atom is -0.375 e. The van der Waals surface area contributed by atoms with Gasteiger partial charge in [0.15, 0.2) is 0 Å². The Hall–Kier alpha value is 0.270. The lowest BCUT2D eigenvalue weighted by molar-refractivity contribution is -0.210. The quantitative estimate of drug-likeness (QED) is 0.551. The van der Waals surface area contributed by atoms with Crippen LogP contribution in [0.4, 0.5) is 0 Å². The third kappa shape index (κ3) is 1.71. The summed E-state index contributed by atoms with van der Waals surface area (Å²) < 4.78 is 10.9. The van der Waals surface area contributed by atoms with Crippen molar-refractivity contribution >= 4 is 11.8 Å². The molecule has 0 aromatic rings. The molecule has 0 aromatic carbocycles. The van der Waals surface area contributed by atoms with Crippen LogP contribution >= 0.6 is 11.8 Å². The molecule has 1 spiro atoms. The summed E-state index contributed by atoms with van der Waals surface area (Å²) in [5.41, 5.74) is 0.140. The van der Waals surface area contributed by atoms with Gasteiger partial charge in [0.1, 0.15) is 5.60 Å². The molecular formula is C8H14O2S. The standard InChI is InChI=1S/C8H14O2S/c1-2-8(6-9-7-8)10-3-5-11-4-1/h1-7H2. The number of thioether (sulfide) groups is 1. The zero-order valence-electron chi connectivity index (χ0n) is 6.67. The zero-order chi connectivity index (χ0) is 7.57. The second-order valence-electron chi connectivity index (χ2n) is 3.24. The first-order valence-electron chi connectivity index (χ1n) is 4.21. The zero-order valence-corrected chi connectivity index (χ0v) is 7.49. The van der Waals surface area contributed by atoms with Gasteiger partial charge in [-0.3, -0.25) is 0 Å². The molecule has 0 N–H and O–H groups in total. The molecule has 2 rings (SSSR count). The van der Waals surface area contributed by atoms with Crippen molar-refractivity contribution in [1.29, 1.82) is 0 Å². The Morgan fingerprint density at radius 3 is 2.82 bits per heavy atom. The summed E-state index contributed by atoms with van der Waals surface area (Å²) in [6.07, 6.45) is 2.48. The number of hydrogen-bond donors (Lipinski definition) is 0. The predicted octanol–water partition coefficient (Wildman–Crippen LogP) is 1.30. The summed E-state index contributed by atoms with van der Waals surface area (Å²) in [5.74, 6) is 2.45. The van der Waals surface area contributed by atoms with Gasteiger partial charge in [0, 0.05) is 5.75 Å². The summed E-state index contributed by atoms with van der Waals surface area (Å²) >= 11 is 2.00. The van der Waals surface area contributed by atoms with E-state index in [0.29, 0.717) is 0 Å². The van der Waals surface area contributed by atoms with Crippen LogP contribution < -0.4 is 0 Å². The van der Waals surface area contributed by atoms with Crippen LogP contribution in [0.5, 0.6) is 0 Å². The SMILES string of the molecule is C1CSCCOC2(C1)COC2. The van der Waals surface area contributed by atoms with Gasteiger partial charge in [-0.2, -0.15) is 11.8 Å². The lowest BCUT2D eigenvalue weighted by atomic mass is 9.96. The first-order chi connectivity index (χ1) is 5.41. The predicted molar refractivity (Wildman–Crippen MR) is 46.1 cm³/mol. The Morgan fingerprint density at radius 1 is 1.18 bits per heavy atom. The molecule has 2 nitrogen and oxygen atoms in total. The van der Waals surface area contributed by atoms with Gasteiger partial charge in [0.2, 0.25) is 0 Å². The topological polar surface area (TPSA) is 18.5 Å². The van der Waals surface area contributed by atoms with Crippen LogP contribution in [0.2, 0.25) is 0 Å². The maximum absolute atomic E-state index is 5.76. The van der Waals surface area contributed by atoms with E-state index in [2.05, 4.69) is 0 Å². The van der Waals surface area contributed by atoms with Gasteiger partial charge in [-0.1, -0.05) is 0 Å². The molecule has 0 aliphatic carbocycles. The minimum atomic E-state index is 0.140. The molecular weight excluding hydrogens is 160 g/mol. The Labute approximate surface area is 71.6 Å². The average molecular weight is 174 g/mol. The van der Waals surface area contributed by atoms with Crippen LogP contribution in [0, 0.1) is 0 Å². The summed E-state index contributed by atoms with van der Waals surface area (Å²) in [4.78, 5) is 0. The number of ether oxygens (including phenoxy) is 2. The van der Waals surface area contributed by atoms with Gasteiger partial charge in [-0.15, -0.1) is 0 Å². The summed E-state index contributed by atoms with van der Waals surface area (Å²) in [6, 6.07) is 0. The van der Waals surface area contributed by atoms with E-state index in [-0.39, 0.29) is 5.60 Å². The fourth-order valence-electron chi connectivity index (χ4n) is 1.55. The highest BCUT2D eigenvalue weighted by Gasteiger charge is 2.39. The van der Waals surface area contributed by atoms with Crippen LogP contribution in [0.15, 0.2) is 0 Å². The summed E-state index contributed by atoms with van der Waals surface area (Å²) in [6.45, 7) is 2.57. The molecule has 64 valence electrons. The molecule has 0 bridgehead atoms. The van der Waals surface area contributed by atoms with Crippen molar-refractivity contribution < 1.29 is 9.47 Å². The summed E-state index contributed by atoms with van der Waals surface area (Å²) in [5, 5.41) is 0. The van der Waals surface area contributed by atoms with Crippen molar-refractivity contribution in [2.75, 3.05) is 31.3 Å². The van der Waals surface area contributed by atoms with E-state index in [0.717, 1.165) is 25.6 Å². The monoisotopic (exact) mass is 174 g/mol. The van der Waals surface area contributed by atoms with Crippen LogP contribution in [0.3, 0.4) is 0 Å². The smallest absolute Gasteiger partial charge is 0.115 e. The first kappa shape index (κ1) is 7.90. The fraction of sp³-hybridized carbons (Fsp3) is 1.00. The van der Waals surface area contributed by atoms with E-state index in [1.807, 2.05) is 11.8 Å². The van der Waals surface area contributed by atoms with Crippen LogP contribution in [0.1, 0.15) is 12.8 Å². The Kier molecular flexibility index (Phi) is 2.39. The average Bonchev–Trinajstić information content (AvgIpc) is 1.82. The van der Waals surface area contributed by atoms with Crippen molar-refractivity contribution in [1.82, 2.24) is 0 Å². The molecule has 11 heavy (non-hydrogen) atoms. The van der Waals surface area contributed by atoms with Crippen molar-refractivity contribution in [3.05, 3.63) is 0 Å². The molecule has 0 saturated carbocycles. The molecule has 0 atom stereocenters. The molecule has 0 aromatic heterocycles. The van der Waals surface area contributed by atoms with E-state index in [1.54, 1.807) is 0 Å². The molecule has 2 saturated heterocycles.